The van der Waals surface area contributed by atoms with Crippen molar-refractivity contribution in [3.05, 3.63) is 52.6 Å². The molecule has 1 atom stereocenters. The van der Waals surface area contributed by atoms with E-state index in [0.29, 0.717) is 6.42 Å². The average molecular weight is 305 g/mol. The molecule has 0 aliphatic carbocycles. The summed E-state index contributed by atoms with van der Waals surface area (Å²) < 4.78 is 67.8. The molecule has 1 heterocycles. The third kappa shape index (κ3) is 2.90. The monoisotopic (exact) mass is 305 g/mol. The second-order valence-electron chi connectivity index (χ2n) is 4.65. The number of benzene rings is 1. The first-order chi connectivity index (χ1) is 9.82. The van der Waals surface area contributed by atoms with E-state index in [1.165, 1.54) is 10.9 Å². The summed E-state index contributed by atoms with van der Waals surface area (Å²) in [6.45, 7) is 0. The largest absolute Gasteiger partial charge is 0.324 e. The number of nitrogens with zero attached hydrogens (tertiary/aromatic N) is 2. The summed E-state index contributed by atoms with van der Waals surface area (Å²) in [5, 5.41) is 3.90. The van der Waals surface area contributed by atoms with E-state index in [1.807, 2.05) is 0 Å². The van der Waals surface area contributed by atoms with Crippen molar-refractivity contribution in [2.45, 2.75) is 18.9 Å². The second kappa shape index (κ2) is 5.80. The lowest BCUT2D eigenvalue weighted by Crippen LogP contribution is -2.18. The van der Waals surface area contributed by atoms with Gasteiger partial charge in [-0.25, -0.2) is 22.0 Å². The molecule has 2 rings (SSSR count). The van der Waals surface area contributed by atoms with Gasteiger partial charge in [0.05, 0.1) is 6.20 Å². The van der Waals surface area contributed by atoms with Crippen molar-refractivity contribution in [3.8, 4) is 0 Å². The van der Waals surface area contributed by atoms with Gasteiger partial charge < -0.3 is 5.73 Å². The van der Waals surface area contributed by atoms with Gasteiger partial charge in [0.15, 0.2) is 23.3 Å². The van der Waals surface area contributed by atoms with Crippen LogP contribution in [0.25, 0.3) is 0 Å². The third-order valence-electron chi connectivity index (χ3n) is 3.12. The Balaban J connectivity index is 2.25. The van der Waals surface area contributed by atoms with Crippen molar-refractivity contribution in [3.63, 3.8) is 0 Å². The van der Waals surface area contributed by atoms with Crippen molar-refractivity contribution in [1.82, 2.24) is 9.78 Å². The van der Waals surface area contributed by atoms with Gasteiger partial charge in [0.1, 0.15) is 0 Å². The average Bonchev–Trinajstić information content (AvgIpc) is 2.86. The highest BCUT2D eigenvalue weighted by Gasteiger charge is 2.28. The standard InChI is InChI=1S/C13H12F5N3/c1-21-5-6(4-20-21)2-3-7(19)8-9(14)11(16)13(18)12(17)10(8)15/h4-5,7H,2-3,19H2,1H3. The molecule has 0 spiro atoms. The molecule has 1 aromatic carbocycles. The minimum atomic E-state index is -2.19. The van der Waals surface area contributed by atoms with Crippen LogP contribution < -0.4 is 5.73 Å². The van der Waals surface area contributed by atoms with Crippen LogP contribution in [0.3, 0.4) is 0 Å². The van der Waals surface area contributed by atoms with E-state index in [9.17, 15) is 22.0 Å². The summed E-state index contributed by atoms with van der Waals surface area (Å²) in [6, 6.07) is -1.31. The topological polar surface area (TPSA) is 43.8 Å². The Kier molecular flexibility index (Phi) is 4.26. The van der Waals surface area contributed by atoms with Crippen molar-refractivity contribution in [2.24, 2.45) is 12.8 Å². The lowest BCUT2D eigenvalue weighted by atomic mass is 9.99. The third-order valence-corrected chi connectivity index (χ3v) is 3.12. The lowest BCUT2D eigenvalue weighted by Gasteiger charge is -2.14. The molecule has 2 aromatic rings. The zero-order valence-electron chi connectivity index (χ0n) is 11.0. The summed E-state index contributed by atoms with van der Waals surface area (Å²) in [7, 11) is 1.69. The molecule has 3 nitrogen and oxygen atoms in total. The van der Waals surface area contributed by atoms with E-state index < -0.39 is 40.7 Å². The molecule has 0 bridgehead atoms. The van der Waals surface area contributed by atoms with Gasteiger partial charge in [0, 0.05) is 24.8 Å². The highest BCUT2D eigenvalue weighted by atomic mass is 19.2. The Morgan fingerprint density at radius 2 is 1.57 bits per heavy atom. The first kappa shape index (κ1) is 15.4. The Morgan fingerprint density at radius 3 is 2.05 bits per heavy atom. The molecule has 1 unspecified atom stereocenters. The smallest absolute Gasteiger partial charge is 0.200 e. The first-order valence-corrected chi connectivity index (χ1v) is 6.07. The fraction of sp³-hybridized carbons (Fsp3) is 0.308. The zero-order valence-corrected chi connectivity index (χ0v) is 11.0. The van der Waals surface area contributed by atoms with Crippen molar-refractivity contribution < 1.29 is 22.0 Å². The van der Waals surface area contributed by atoms with Crippen molar-refractivity contribution in [2.75, 3.05) is 0 Å². The van der Waals surface area contributed by atoms with Gasteiger partial charge in [-0.05, 0) is 18.4 Å². The van der Waals surface area contributed by atoms with Crippen molar-refractivity contribution in [1.29, 1.82) is 0 Å². The molecule has 0 amide bonds. The molecule has 1 aromatic heterocycles. The zero-order chi connectivity index (χ0) is 15.7. The van der Waals surface area contributed by atoms with Crippen LogP contribution in [0.15, 0.2) is 12.4 Å². The number of hydrogen-bond donors (Lipinski definition) is 1. The van der Waals surface area contributed by atoms with E-state index in [4.69, 9.17) is 5.73 Å². The van der Waals surface area contributed by atoms with Crippen LogP contribution in [-0.4, -0.2) is 9.78 Å². The van der Waals surface area contributed by atoms with Crippen molar-refractivity contribution >= 4 is 0 Å². The van der Waals surface area contributed by atoms with Gasteiger partial charge in [0.25, 0.3) is 0 Å². The Bertz CT molecular complexity index is 639. The molecule has 21 heavy (non-hydrogen) atoms. The number of halogens is 5. The van der Waals surface area contributed by atoms with E-state index in [-0.39, 0.29) is 6.42 Å². The normalized spacial score (nSPS) is 12.7. The minimum Gasteiger partial charge on any atom is -0.324 e. The van der Waals surface area contributed by atoms with Crippen LogP contribution in [0.1, 0.15) is 23.6 Å². The van der Waals surface area contributed by atoms with Gasteiger partial charge in [-0.1, -0.05) is 0 Å². The lowest BCUT2D eigenvalue weighted by molar-refractivity contribution is 0.362. The fourth-order valence-electron chi connectivity index (χ4n) is 2.01. The predicted octanol–water partition coefficient (Wildman–Crippen LogP) is 2.75. The Morgan fingerprint density at radius 1 is 1.05 bits per heavy atom. The van der Waals surface area contributed by atoms with E-state index >= 15 is 0 Å². The molecule has 0 saturated carbocycles. The first-order valence-electron chi connectivity index (χ1n) is 6.07. The van der Waals surface area contributed by atoms with Crippen LogP contribution >= 0.6 is 0 Å². The van der Waals surface area contributed by atoms with E-state index in [2.05, 4.69) is 5.10 Å². The Hall–Kier alpha value is -1.96. The van der Waals surface area contributed by atoms with Crippen LogP contribution in [-0.2, 0) is 13.5 Å². The molecular weight excluding hydrogens is 293 g/mol. The van der Waals surface area contributed by atoms with Gasteiger partial charge in [-0.2, -0.15) is 5.10 Å². The fourth-order valence-corrected chi connectivity index (χ4v) is 2.01. The highest BCUT2D eigenvalue weighted by Crippen LogP contribution is 2.28. The maximum atomic E-state index is 13.6. The second-order valence-corrected chi connectivity index (χ2v) is 4.65. The quantitative estimate of drug-likeness (QED) is 0.536. The highest BCUT2D eigenvalue weighted by molar-refractivity contribution is 5.27. The molecule has 0 aliphatic heterocycles. The van der Waals surface area contributed by atoms with Crippen LogP contribution in [0.2, 0.25) is 0 Å². The molecule has 114 valence electrons. The number of aryl methyl sites for hydroxylation is 2. The number of rotatable bonds is 4. The number of aromatic nitrogens is 2. The Labute approximate surface area is 117 Å². The maximum Gasteiger partial charge on any atom is 0.200 e. The van der Waals surface area contributed by atoms with Crippen LogP contribution in [0.5, 0.6) is 0 Å². The van der Waals surface area contributed by atoms with Gasteiger partial charge >= 0.3 is 0 Å². The molecular formula is C13H12F5N3. The molecule has 0 radical (unpaired) electrons. The molecule has 0 aliphatic rings. The predicted molar refractivity (Wildman–Crippen MR) is 64.7 cm³/mol. The summed E-state index contributed by atoms with van der Waals surface area (Å²) >= 11 is 0. The minimum absolute atomic E-state index is 0.0179. The number of nitrogens with two attached hydrogens (primary N) is 1. The van der Waals surface area contributed by atoms with Crippen LogP contribution in [0.4, 0.5) is 22.0 Å². The maximum absolute atomic E-state index is 13.6. The van der Waals surface area contributed by atoms with Crippen LogP contribution in [0, 0.1) is 29.1 Å². The number of hydrogen-bond acceptors (Lipinski definition) is 2. The summed E-state index contributed by atoms with van der Waals surface area (Å²) in [5.74, 6) is -9.93. The van der Waals surface area contributed by atoms with Gasteiger partial charge in [-0.15, -0.1) is 0 Å². The summed E-state index contributed by atoms with van der Waals surface area (Å²) in [5.41, 5.74) is 5.33. The van der Waals surface area contributed by atoms with Gasteiger partial charge in [0.2, 0.25) is 5.82 Å². The van der Waals surface area contributed by atoms with E-state index in [0.717, 1.165) is 5.56 Å². The summed E-state index contributed by atoms with van der Waals surface area (Å²) in [4.78, 5) is 0. The SMILES string of the molecule is Cn1cc(CCC(N)c2c(F)c(F)c(F)c(F)c2F)cn1. The molecule has 8 heteroatoms. The molecule has 0 saturated heterocycles. The summed E-state index contributed by atoms with van der Waals surface area (Å²) in [6.07, 6.45) is 3.52. The van der Waals surface area contributed by atoms with E-state index in [1.54, 1.807) is 13.2 Å². The molecule has 2 N–H and O–H groups in total. The molecule has 0 fully saturated rings. The van der Waals surface area contributed by atoms with Gasteiger partial charge in [-0.3, -0.25) is 4.68 Å².